The molecule has 0 aliphatic carbocycles. The molecular formula is C21H28ClFN4O2. The van der Waals surface area contributed by atoms with Crippen LogP contribution < -0.4 is 0 Å². The quantitative estimate of drug-likeness (QED) is 0.748. The number of nitrogens with zero attached hydrogens (tertiary/aromatic N) is 4. The zero-order valence-corrected chi connectivity index (χ0v) is 17.8. The normalized spacial score (nSPS) is 25.7. The third-order valence-electron chi connectivity index (χ3n) is 6.35. The molecule has 0 saturated carbocycles. The monoisotopic (exact) mass is 422 g/mol. The fourth-order valence-corrected chi connectivity index (χ4v) is 4.70. The summed E-state index contributed by atoms with van der Waals surface area (Å²) in [6.45, 7) is 3.67. The highest BCUT2D eigenvalue weighted by Gasteiger charge is 2.47. The molecule has 2 fully saturated rings. The number of carbonyl (C=O) groups excluding carboxylic acids is 1. The lowest BCUT2D eigenvalue weighted by Gasteiger charge is -2.35. The summed E-state index contributed by atoms with van der Waals surface area (Å²) in [7, 11) is 4.18. The van der Waals surface area contributed by atoms with Crippen LogP contribution in [0.15, 0.2) is 23.4 Å². The first-order chi connectivity index (χ1) is 13.8. The molecule has 8 heteroatoms. The van der Waals surface area contributed by atoms with Crippen molar-refractivity contribution in [3.8, 4) is 0 Å². The molecule has 3 heterocycles. The van der Waals surface area contributed by atoms with Gasteiger partial charge in [0.15, 0.2) is 5.60 Å². The average Bonchev–Trinajstić information content (AvgIpc) is 3.31. The number of oxime groups is 1. The molecule has 1 amide bonds. The number of rotatable bonds is 4. The summed E-state index contributed by atoms with van der Waals surface area (Å²) in [6.07, 6.45) is 3.34. The van der Waals surface area contributed by atoms with Gasteiger partial charge >= 0.3 is 0 Å². The van der Waals surface area contributed by atoms with Gasteiger partial charge in [-0.1, -0.05) is 22.8 Å². The first-order valence-electron chi connectivity index (χ1n) is 10.2. The van der Waals surface area contributed by atoms with Crippen LogP contribution in [0.3, 0.4) is 0 Å². The molecule has 4 rings (SSSR count). The van der Waals surface area contributed by atoms with Crippen LogP contribution in [0.5, 0.6) is 0 Å². The fourth-order valence-electron chi connectivity index (χ4n) is 4.58. The Morgan fingerprint density at radius 2 is 2.10 bits per heavy atom. The molecule has 3 aliphatic rings. The molecule has 1 aromatic rings. The van der Waals surface area contributed by atoms with Gasteiger partial charge in [0.05, 0.1) is 5.02 Å². The maximum absolute atomic E-state index is 13.7. The number of hydrogen-bond donors (Lipinski definition) is 0. The van der Waals surface area contributed by atoms with Gasteiger partial charge in [-0.25, -0.2) is 4.39 Å². The van der Waals surface area contributed by atoms with Crippen LogP contribution >= 0.6 is 11.6 Å². The Hall–Kier alpha value is -1.70. The highest BCUT2D eigenvalue weighted by Crippen LogP contribution is 2.35. The molecule has 3 aliphatic heterocycles. The van der Waals surface area contributed by atoms with E-state index in [1.807, 2.05) is 11.0 Å². The van der Waals surface area contributed by atoms with E-state index < -0.39 is 11.4 Å². The predicted octanol–water partition coefficient (Wildman–Crippen LogP) is 2.75. The first kappa shape index (κ1) is 20.6. The Bertz CT molecular complexity index is 810. The minimum absolute atomic E-state index is 0.0114. The molecule has 1 aromatic carbocycles. The summed E-state index contributed by atoms with van der Waals surface area (Å²) in [5.74, 6) is -0.387. The van der Waals surface area contributed by atoms with Crippen LogP contribution in [0.25, 0.3) is 0 Å². The van der Waals surface area contributed by atoms with Gasteiger partial charge < -0.3 is 14.6 Å². The molecule has 29 heavy (non-hydrogen) atoms. The molecule has 158 valence electrons. The van der Waals surface area contributed by atoms with Crippen molar-refractivity contribution in [3.05, 3.63) is 34.6 Å². The first-order valence-corrected chi connectivity index (χ1v) is 10.6. The average molecular weight is 423 g/mol. The second-order valence-electron chi connectivity index (χ2n) is 8.69. The van der Waals surface area contributed by atoms with Crippen molar-refractivity contribution in [2.75, 3.05) is 40.3 Å². The number of carbonyl (C=O) groups is 1. The van der Waals surface area contributed by atoms with E-state index in [1.165, 1.54) is 6.07 Å². The van der Waals surface area contributed by atoms with Crippen LogP contribution in [-0.2, 0) is 16.2 Å². The molecule has 0 bridgehead atoms. The third kappa shape index (κ3) is 4.42. The lowest BCUT2D eigenvalue weighted by Crippen LogP contribution is -2.47. The van der Waals surface area contributed by atoms with Crippen molar-refractivity contribution in [3.63, 3.8) is 0 Å². The second-order valence-corrected chi connectivity index (χ2v) is 9.09. The molecule has 0 N–H and O–H groups in total. The molecule has 0 aromatic heterocycles. The largest absolute Gasteiger partial charge is 0.387 e. The lowest BCUT2D eigenvalue weighted by molar-refractivity contribution is -0.125. The standard InChI is InChI=1S/C21H28ClFN4O2/c1-25(2)16-5-8-27(9-6-16)20(28)19-12-21(29-24-19)7-10-26(14-21)13-15-3-4-17(22)18(23)11-15/h3-4,11,16H,5-10,12-14H2,1-2H3/t21-/m1/s1. The molecule has 6 nitrogen and oxygen atoms in total. The molecule has 0 radical (unpaired) electrons. The van der Waals surface area contributed by atoms with Gasteiger partial charge in [-0.05, 0) is 44.6 Å². The molecular weight excluding hydrogens is 395 g/mol. The summed E-state index contributed by atoms with van der Waals surface area (Å²) < 4.78 is 13.7. The van der Waals surface area contributed by atoms with Crippen molar-refractivity contribution in [1.82, 2.24) is 14.7 Å². The molecule has 0 unspecified atom stereocenters. The summed E-state index contributed by atoms with van der Waals surface area (Å²) >= 11 is 5.77. The van der Waals surface area contributed by atoms with E-state index in [-0.39, 0.29) is 10.9 Å². The second kappa shape index (κ2) is 8.20. The maximum Gasteiger partial charge on any atom is 0.271 e. The van der Waals surface area contributed by atoms with E-state index in [4.69, 9.17) is 16.4 Å². The smallest absolute Gasteiger partial charge is 0.271 e. The molecule has 1 spiro atoms. The van der Waals surface area contributed by atoms with E-state index in [9.17, 15) is 9.18 Å². The van der Waals surface area contributed by atoms with E-state index in [0.717, 1.165) is 44.5 Å². The van der Waals surface area contributed by atoms with E-state index in [1.54, 1.807) is 6.07 Å². The fraction of sp³-hybridized carbons (Fsp3) is 0.619. The van der Waals surface area contributed by atoms with Crippen LogP contribution in [0.1, 0.15) is 31.2 Å². The minimum atomic E-state index is -0.433. The Balaban J connectivity index is 1.31. The van der Waals surface area contributed by atoms with E-state index in [2.05, 4.69) is 29.1 Å². The van der Waals surface area contributed by atoms with Gasteiger partial charge in [-0.15, -0.1) is 0 Å². The van der Waals surface area contributed by atoms with Crippen LogP contribution in [0, 0.1) is 5.82 Å². The number of likely N-dealkylation sites (tertiary alicyclic amines) is 2. The van der Waals surface area contributed by atoms with E-state index >= 15 is 0 Å². The molecule has 1 atom stereocenters. The Kier molecular flexibility index (Phi) is 5.82. The minimum Gasteiger partial charge on any atom is -0.387 e. The molecule has 2 saturated heterocycles. The number of hydrogen-bond acceptors (Lipinski definition) is 5. The zero-order valence-electron chi connectivity index (χ0n) is 17.0. The number of benzene rings is 1. The third-order valence-corrected chi connectivity index (χ3v) is 6.66. The number of halogens is 2. The van der Waals surface area contributed by atoms with Gasteiger partial charge in [0, 0.05) is 51.6 Å². The van der Waals surface area contributed by atoms with Crippen molar-refractivity contribution in [2.24, 2.45) is 5.16 Å². The number of piperidine rings is 1. The van der Waals surface area contributed by atoms with Crippen molar-refractivity contribution < 1.29 is 14.0 Å². The SMILES string of the molecule is CN(C)C1CCN(C(=O)C2=NO[C@]3(CCN(Cc4ccc(Cl)c(F)c4)C3)C2)CC1. The topological polar surface area (TPSA) is 48.4 Å². The van der Waals surface area contributed by atoms with Crippen LogP contribution in [0.4, 0.5) is 4.39 Å². The Morgan fingerprint density at radius 3 is 2.79 bits per heavy atom. The van der Waals surface area contributed by atoms with Gasteiger partial charge in [0.25, 0.3) is 5.91 Å². The van der Waals surface area contributed by atoms with E-state index in [0.29, 0.717) is 31.3 Å². The predicted molar refractivity (Wildman–Crippen MR) is 110 cm³/mol. The summed E-state index contributed by atoms with van der Waals surface area (Å²) in [6, 6.07) is 5.44. The summed E-state index contributed by atoms with van der Waals surface area (Å²) in [4.78, 5) is 25.0. The highest BCUT2D eigenvalue weighted by atomic mass is 35.5. The van der Waals surface area contributed by atoms with Gasteiger partial charge in [-0.2, -0.15) is 0 Å². The maximum atomic E-state index is 13.7. The van der Waals surface area contributed by atoms with Gasteiger partial charge in [-0.3, -0.25) is 9.69 Å². The van der Waals surface area contributed by atoms with Gasteiger partial charge in [0.2, 0.25) is 0 Å². The van der Waals surface area contributed by atoms with Crippen LogP contribution in [0.2, 0.25) is 5.02 Å². The zero-order chi connectivity index (χ0) is 20.6. The van der Waals surface area contributed by atoms with Crippen molar-refractivity contribution in [1.29, 1.82) is 0 Å². The lowest BCUT2D eigenvalue weighted by atomic mass is 9.95. The van der Waals surface area contributed by atoms with Crippen LogP contribution in [-0.4, -0.2) is 78.2 Å². The summed E-state index contributed by atoms with van der Waals surface area (Å²) in [5, 5.41) is 4.31. The summed E-state index contributed by atoms with van der Waals surface area (Å²) in [5.41, 5.74) is 0.980. The van der Waals surface area contributed by atoms with Gasteiger partial charge in [0.1, 0.15) is 11.5 Å². The Morgan fingerprint density at radius 1 is 1.34 bits per heavy atom. The van der Waals surface area contributed by atoms with Crippen molar-refractivity contribution in [2.45, 2.75) is 43.9 Å². The Labute approximate surface area is 176 Å². The number of amides is 1. The highest BCUT2D eigenvalue weighted by molar-refractivity contribution is 6.39. The van der Waals surface area contributed by atoms with Crippen molar-refractivity contribution >= 4 is 23.2 Å².